The zero-order chi connectivity index (χ0) is 19.3. The molecular formula is C17H14F3NO4S. The van der Waals surface area contributed by atoms with Crippen LogP contribution >= 0.6 is 0 Å². The molecule has 2 aromatic rings. The maximum atomic E-state index is 12.5. The molecule has 0 fully saturated rings. The van der Waals surface area contributed by atoms with Gasteiger partial charge in [0.1, 0.15) is 0 Å². The third kappa shape index (κ3) is 5.41. The van der Waals surface area contributed by atoms with E-state index in [1.165, 1.54) is 30.5 Å². The smallest absolute Gasteiger partial charge is 0.416 e. The van der Waals surface area contributed by atoms with Crippen molar-refractivity contribution in [2.45, 2.75) is 11.1 Å². The number of rotatable bonds is 5. The number of carbonyl (C=O) groups excluding carboxylic acids is 2. The van der Waals surface area contributed by atoms with E-state index in [0.717, 1.165) is 24.3 Å². The lowest BCUT2D eigenvalue weighted by Gasteiger charge is -2.09. The maximum absolute atomic E-state index is 12.5. The molecule has 2 rings (SSSR count). The lowest BCUT2D eigenvalue weighted by molar-refractivity contribution is -0.137. The van der Waals surface area contributed by atoms with Crippen LogP contribution in [0.4, 0.5) is 18.9 Å². The number of esters is 1. The lowest BCUT2D eigenvalue weighted by atomic mass is 10.2. The van der Waals surface area contributed by atoms with Crippen LogP contribution in [-0.4, -0.2) is 28.9 Å². The van der Waals surface area contributed by atoms with E-state index in [1.54, 1.807) is 0 Å². The summed E-state index contributed by atoms with van der Waals surface area (Å²) in [7, 11) is -1.18. The van der Waals surface area contributed by atoms with Crippen molar-refractivity contribution in [3.8, 4) is 0 Å². The fourth-order valence-electron chi connectivity index (χ4n) is 1.94. The molecular weight excluding hydrogens is 371 g/mol. The molecule has 1 atom stereocenters. The van der Waals surface area contributed by atoms with Crippen molar-refractivity contribution in [3.63, 3.8) is 0 Å². The number of halogens is 3. The fraction of sp³-hybridized carbons (Fsp3) is 0.176. The van der Waals surface area contributed by atoms with Crippen LogP contribution in [0.2, 0.25) is 0 Å². The van der Waals surface area contributed by atoms with E-state index in [-0.39, 0.29) is 11.3 Å². The highest BCUT2D eigenvalue weighted by Crippen LogP contribution is 2.29. The van der Waals surface area contributed by atoms with Crippen LogP contribution in [0, 0.1) is 0 Å². The van der Waals surface area contributed by atoms with Crippen molar-refractivity contribution in [2.24, 2.45) is 0 Å². The van der Waals surface area contributed by atoms with Gasteiger partial charge in [-0.2, -0.15) is 13.2 Å². The molecule has 1 amide bonds. The Hall–Kier alpha value is -2.68. The standard InChI is InChI=1S/C17H14F3NO4S/c1-26(24)14-8-2-11(3-9-14)16(23)25-10-15(22)21-13-6-4-12(5-7-13)17(18,19)20/h2-9H,10H2,1H3,(H,21,22). The van der Waals surface area contributed by atoms with Crippen molar-refractivity contribution in [2.75, 3.05) is 18.2 Å². The Morgan fingerprint density at radius 1 is 1.04 bits per heavy atom. The summed E-state index contributed by atoms with van der Waals surface area (Å²) in [5.41, 5.74) is -0.506. The average Bonchev–Trinajstić information content (AvgIpc) is 2.59. The molecule has 0 aromatic heterocycles. The van der Waals surface area contributed by atoms with Gasteiger partial charge in [-0.1, -0.05) is 0 Å². The second kappa shape index (κ2) is 8.13. The number of alkyl halides is 3. The zero-order valence-electron chi connectivity index (χ0n) is 13.5. The van der Waals surface area contributed by atoms with Gasteiger partial charge >= 0.3 is 12.1 Å². The molecule has 0 aliphatic rings. The van der Waals surface area contributed by atoms with Gasteiger partial charge in [0.15, 0.2) is 6.61 Å². The monoisotopic (exact) mass is 385 g/mol. The van der Waals surface area contributed by atoms with Gasteiger partial charge in [0.25, 0.3) is 5.91 Å². The van der Waals surface area contributed by atoms with Crippen LogP contribution in [0.15, 0.2) is 53.4 Å². The Morgan fingerprint density at radius 2 is 1.62 bits per heavy atom. The molecule has 0 aliphatic heterocycles. The minimum atomic E-state index is -4.46. The first-order valence-electron chi connectivity index (χ1n) is 7.24. The summed E-state index contributed by atoms with van der Waals surface area (Å²) in [4.78, 5) is 24.1. The van der Waals surface area contributed by atoms with Crippen molar-refractivity contribution in [1.82, 2.24) is 0 Å². The molecule has 1 unspecified atom stereocenters. The molecule has 0 saturated carbocycles. The summed E-state index contributed by atoms with van der Waals surface area (Å²) >= 11 is 0. The van der Waals surface area contributed by atoms with Gasteiger partial charge in [0.05, 0.1) is 11.1 Å². The second-order valence-corrected chi connectivity index (χ2v) is 6.56. The average molecular weight is 385 g/mol. The van der Waals surface area contributed by atoms with Gasteiger partial charge in [0.2, 0.25) is 0 Å². The van der Waals surface area contributed by atoms with E-state index < -0.39 is 41.0 Å². The number of anilines is 1. The highest BCUT2D eigenvalue weighted by Gasteiger charge is 2.30. The Balaban J connectivity index is 1.88. The van der Waals surface area contributed by atoms with Crippen LogP contribution in [-0.2, 0) is 26.5 Å². The largest absolute Gasteiger partial charge is 0.452 e. The van der Waals surface area contributed by atoms with Crippen LogP contribution in [0.1, 0.15) is 15.9 Å². The molecule has 0 radical (unpaired) electrons. The summed E-state index contributed by atoms with van der Waals surface area (Å²) < 4.78 is 53.5. The Labute approximate surface area is 149 Å². The van der Waals surface area contributed by atoms with Gasteiger partial charge < -0.3 is 10.1 Å². The summed E-state index contributed by atoms with van der Waals surface area (Å²) in [5, 5.41) is 2.33. The summed E-state index contributed by atoms with van der Waals surface area (Å²) in [6, 6.07) is 9.74. The third-order valence-electron chi connectivity index (χ3n) is 3.25. The lowest BCUT2D eigenvalue weighted by Crippen LogP contribution is -2.21. The predicted octanol–water partition coefficient (Wildman–Crippen LogP) is 3.24. The number of hydrogen-bond acceptors (Lipinski definition) is 4. The number of hydrogen-bond donors (Lipinski definition) is 1. The molecule has 9 heteroatoms. The highest BCUT2D eigenvalue weighted by molar-refractivity contribution is 7.84. The minimum absolute atomic E-state index is 0.147. The zero-order valence-corrected chi connectivity index (χ0v) is 14.3. The molecule has 0 aliphatic carbocycles. The molecule has 138 valence electrons. The number of benzene rings is 2. The first-order chi connectivity index (χ1) is 12.2. The third-order valence-corrected chi connectivity index (χ3v) is 4.19. The second-order valence-electron chi connectivity index (χ2n) is 5.18. The van der Waals surface area contributed by atoms with Gasteiger partial charge in [0, 0.05) is 27.6 Å². The van der Waals surface area contributed by atoms with Crippen LogP contribution in [0.3, 0.4) is 0 Å². The van der Waals surface area contributed by atoms with Gasteiger partial charge in [-0.25, -0.2) is 4.79 Å². The molecule has 0 heterocycles. The van der Waals surface area contributed by atoms with Crippen LogP contribution < -0.4 is 5.32 Å². The molecule has 1 N–H and O–H groups in total. The van der Waals surface area contributed by atoms with E-state index >= 15 is 0 Å². The highest BCUT2D eigenvalue weighted by atomic mass is 32.2. The normalized spacial score (nSPS) is 12.3. The summed E-state index contributed by atoms with van der Waals surface area (Å²) in [6.07, 6.45) is -2.96. The molecule has 2 aromatic carbocycles. The first-order valence-corrected chi connectivity index (χ1v) is 8.80. The van der Waals surface area contributed by atoms with Gasteiger partial charge in [-0.3, -0.25) is 9.00 Å². The van der Waals surface area contributed by atoms with Crippen molar-refractivity contribution < 1.29 is 31.7 Å². The molecule has 5 nitrogen and oxygen atoms in total. The SMILES string of the molecule is CS(=O)c1ccc(C(=O)OCC(=O)Nc2ccc(C(F)(F)F)cc2)cc1. The van der Waals surface area contributed by atoms with E-state index in [0.29, 0.717) is 4.90 Å². The van der Waals surface area contributed by atoms with Gasteiger partial charge in [-0.15, -0.1) is 0 Å². The Bertz CT molecular complexity index is 817. The van der Waals surface area contributed by atoms with Gasteiger partial charge in [-0.05, 0) is 48.5 Å². The fourth-order valence-corrected chi connectivity index (χ4v) is 2.46. The van der Waals surface area contributed by atoms with Crippen molar-refractivity contribution in [1.29, 1.82) is 0 Å². The topological polar surface area (TPSA) is 72.5 Å². The van der Waals surface area contributed by atoms with Crippen LogP contribution in [0.5, 0.6) is 0 Å². The van der Waals surface area contributed by atoms with Crippen molar-refractivity contribution in [3.05, 3.63) is 59.7 Å². The minimum Gasteiger partial charge on any atom is -0.452 e. The maximum Gasteiger partial charge on any atom is 0.416 e. The van der Waals surface area contributed by atoms with E-state index in [2.05, 4.69) is 5.32 Å². The van der Waals surface area contributed by atoms with E-state index in [9.17, 15) is 27.0 Å². The van der Waals surface area contributed by atoms with Crippen molar-refractivity contribution >= 4 is 28.4 Å². The summed E-state index contributed by atoms with van der Waals surface area (Å²) in [6.45, 7) is -0.596. The Kier molecular flexibility index (Phi) is 6.14. The van der Waals surface area contributed by atoms with E-state index in [1.807, 2.05) is 0 Å². The molecule has 26 heavy (non-hydrogen) atoms. The number of nitrogens with one attached hydrogen (secondary N) is 1. The quantitative estimate of drug-likeness (QED) is 0.802. The molecule has 0 spiro atoms. The summed E-state index contributed by atoms with van der Waals surface area (Å²) in [5.74, 6) is -1.44. The number of amides is 1. The number of ether oxygens (including phenoxy) is 1. The first kappa shape index (κ1) is 19.6. The predicted molar refractivity (Wildman–Crippen MR) is 89.1 cm³/mol. The molecule has 0 saturated heterocycles. The molecule has 0 bridgehead atoms. The van der Waals surface area contributed by atoms with Crippen LogP contribution in [0.25, 0.3) is 0 Å². The Morgan fingerprint density at radius 3 is 2.12 bits per heavy atom. The van der Waals surface area contributed by atoms with E-state index in [4.69, 9.17) is 4.74 Å². The number of carbonyl (C=O) groups is 2.